The highest BCUT2D eigenvalue weighted by Gasteiger charge is 2.52. The summed E-state index contributed by atoms with van der Waals surface area (Å²) in [4.78, 5) is 39.6. The molecule has 0 bridgehead atoms. The minimum Gasteiger partial charge on any atom is -0.469 e. The van der Waals surface area contributed by atoms with Crippen molar-refractivity contribution in [2.24, 2.45) is 23.7 Å². The van der Waals surface area contributed by atoms with Gasteiger partial charge in [0.1, 0.15) is 61.0 Å². The Bertz CT molecular complexity index is 5940. The minimum atomic E-state index is -1.01. The number of halogens is 4. The van der Waals surface area contributed by atoms with Gasteiger partial charge in [0.2, 0.25) is 0 Å². The van der Waals surface area contributed by atoms with Crippen molar-refractivity contribution in [2.75, 3.05) is 88.3 Å². The summed E-state index contributed by atoms with van der Waals surface area (Å²) in [6.07, 6.45) is 13.6. The smallest absolute Gasteiger partial charge is 0.309 e. The zero-order valence-electron chi connectivity index (χ0n) is 70.6. The van der Waals surface area contributed by atoms with E-state index in [-0.39, 0.29) is 71.5 Å². The van der Waals surface area contributed by atoms with Gasteiger partial charge in [0.15, 0.2) is 15.0 Å². The summed E-state index contributed by atoms with van der Waals surface area (Å²) in [7, 11) is 8.41. The molecule has 2 radical (unpaired) electrons. The third kappa shape index (κ3) is 23.8. The summed E-state index contributed by atoms with van der Waals surface area (Å²) < 4.78 is 34.7. The number of nitrogens with zero attached hydrogens (tertiary/aromatic N) is 18. The fourth-order valence-electron chi connectivity index (χ4n) is 13.4. The second-order valence-corrected chi connectivity index (χ2v) is 39.7. The normalized spacial score (nSPS) is 20.3. The predicted molar refractivity (Wildman–Crippen MR) is 491 cm³/mol. The van der Waals surface area contributed by atoms with Crippen LogP contribution in [-0.4, -0.2) is 234 Å². The fourth-order valence-corrected chi connectivity index (χ4v) is 18.2. The van der Waals surface area contributed by atoms with Gasteiger partial charge in [-0.25, -0.2) is 24.0 Å². The van der Waals surface area contributed by atoms with Crippen molar-refractivity contribution in [3.8, 4) is 55.2 Å². The van der Waals surface area contributed by atoms with E-state index >= 15 is 0 Å². The number of hydrogen-bond acceptors (Lipinski definition) is 36. The number of esters is 2. The van der Waals surface area contributed by atoms with Gasteiger partial charge in [0.25, 0.3) is 0 Å². The van der Waals surface area contributed by atoms with E-state index in [9.17, 15) is 19.8 Å². The van der Waals surface area contributed by atoms with Crippen molar-refractivity contribution in [3.05, 3.63) is 154 Å². The Kier molecular flexibility index (Phi) is 29.8. The van der Waals surface area contributed by atoms with Crippen LogP contribution in [0.4, 0.5) is 22.7 Å². The molecular formula is C84H91BCl3IN22O12S4. The van der Waals surface area contributed by atoms with E-state index in [0.29, 0.717) is 83.8 Å². The molecule has 4 aliphatic carbocycles. The molecule has 127 heavy (non-hydrogen) atoms. The summed E-state index contributed by atoms with van der Waals surface area (Å²) in [5, 5.41) is 120. The van der Waals surface area contributed by atoms with E-state index in [0.717, 1.165) is 139 Å². The number of nitrogens with one attached hydrogen (secondary N) is 4. The lowest BCUT2D eigenvalue weighted by Gasteiger charge is -2.31. The number of rotatable bonds is 21. The maximum Gasteiger partial charge on any atom is 0.309 e. The first kappa shape index (κ1) is 93.8. The van der Waals surface area contributed by atoms with Gasteiger partial charge in [0.05, 0.1) is 197 Å². The van der Waals surface area contributed by atoms with Gasteiger partial charge >= 0.3 is 11.9 Å². The van der Waals surface area contributed by atoms with Crippen molar-refractivity contribution < 1.29 is 58.4 Å². The molecule has 12 aromatic heterocycles. The van der Waals surface area contributed by atoms with Crippen molar-refractivity contribution >= 4 is 162 Å². The second-order valence-electron chi connectivity index (χ2n) is 33.5. The molecule has 664 valence electrons. The number of nitriles is 2. The Morgan fingerprint density at radius 2 is 0.882 bits per heavy atom. The van der Waals surface area contributed by atoms with Gasteiger partial charge in [-0.05, 0) is 182 Å². The molecule has 8 aliphatic rings. The Balaban J connectivity index is 0.000000126. The fraction of sp³-hybridized carbons (Fsp3) is 0.452. The highest BCUT2D eigenvalue weighted by molar-refractivity contribution is 14.1. The van der Waals surface area contributed by atoms with Crippen LogP contribution in [0.5, 0.6) is 0 Å². The first-order valence-electron chi connectivity index (χ1n) is 40.5. The Morgan fingerprint density at radius 1 is 0.496 bits per heavy atom. The number of methoxy groups -OCH3 is 2. The van der Waals surface area contributed by atoms with Crippen molar-refractivity contribution in [1.82, 2.24) is 80.0 Å². The van der Waals surface area contributed by atoms with E-state index in [4.69, 9.17) is 92.1 Å². The van der Waals surface area contributed by atoms with Crippen LogP contribution in [0, 0.1) is 49.9 Å². The number of pyridine rings is 4. The van der Waals surface area contributed by atoms with Crippen LogP contribution >= 0.6 is 103 Å². The second kappa shape index (κ2) is 40.4. The Morgan fingerprint density at radius 3 is 1.28 bits per heavy atom. The number of fused-ring (bicyclic) bond motifs is 2. The third-order valence-electron chi connectivity index (χ3n) is 22.1. The van der Waals surface area contributed by atoms with Crippen LogP contribution in [0.15, 0.2) is 103 Å². The molecule has 12 aromatic rings. The molecule has 43 heteroatoms. The van der Waals surface area contributed by atoms with E-state index in [1.165, 1.54) is 43.1 Å². The monoisotopic (exact) mass is 1970 g/mol. The molecule has 16 heterocycles. The largest absolute Gasteiger partial charge is 0.469 e. The van der Waals surface area contributed by atoms with E-state index in [1.54, 1.807) is 114 Å². The predicted octanol–water partition coefficient (Wildman–Crippen LogP) is 12.2. The lowest BCUT2D eigenvalue weighted by Crippen LogP contribution is -2.44. The first-order chi connectivity index (χ1) is 60.6. The van der Waals surface area contributed by atoms with Gasteiger partial charge < -0.3 is 70.1 Å². The number of carbonyl (C=O) groups is 2. The topological polar surface area (TPSA) is 455 Å². The molecule has 34 nitrogen and oxygen atoms in total. The molecule has 8 atom stereocenters. The summed E-state index contributed by atoms with van der Waals surface area (Å²) in [5.41, 5.74) is 9.56. The molecule has 0 spiro atoms. The Labute approximate surface area is 776 Å². The number of hydrogen-bond donors (Lipinski definition) is 8. The maximum atomic E-state index is 11.6. The molecule has 8 N–H and O–H groups in total. The van der Waals surface area contributed by atoms with Crippen molar-refractivity contribution in [1.29, 1.82) is 10.5 Å². The highest BCUT2D eigenvalue weighted by Crippen LogP contribution is 2.57. The Hall–Kier alpha value is -9.32. The molecule has 4 saturated carbocycles. The SMILES string of the molecule is CC(C)(O)C(C)(C)O.CC(C)(O)C1CC1c1nnc(-c2cnc(-c3ccc4cc(C#N)cnn34)cc2NC2COC2)s1.CC(C)(O)C1CC1c1nnc(-c2cnc(Cl)cc2NC2COC2)s1.COC(=O)C1CC1c1nnc(-c2cnc(Cl)cc2NC2COC2)s1.COC(=O)C1CC1c1nncs1.Clc1cc(NC2COC2)c(I)cn1.[B]c1ccc2cc(C#N)cnn12. The minimum absolute atomic E-state index is 0.0305. The van der Waals surface area contributed by atoms with Crippen LogP contribution in [0.25, 0.3) is 54.1 Å². The van der Waals surface area contributed by atoms with E-state index in [2.05, 4.69) is 121 Å². The standard InChI is InChI=1S/C24H23N7O2S.C16H19ClN4O2S.C15H15ClN4O3S.C8H4BN3.C8H8ClIN2O.C7H8N2O2S.C6H14O2/c1-24(2,32)18-6-16(18)22-29-30-23(34-22)17-10-26-20(7-19(17)28-14-11-33-12-14)21-4-3-15-5-13(8-25)9-27-31(15)21;1-16(2,22)11-3-9(11)14-20-21-15(24-14)10-5-18-13(17)4-12(10)19-8-6-23-7-8;1-22-15(21)9-2-8(9)13-19-20-14(24-13)10-4-17-12(16)3-11(10)18-7-5-23-6-7;9-8-2-1-7-3-6(4-10)5-11-12(7)8;9-8-1-7(6(10)2-11-8)12-5-3-13-4-5;1-11-7(10)5-2-4(5)6-9-8-3-12-6;1-5(2,7)6(3,4)8/h3-5,7,9-10,14,16,18,32H,6,11-12H2,1-2H3,(H,26,28);4-5,8-9,11,22H,3,6-7H2,1-2H3,(H,18,19);3-4,7-9H,2,5-6H2,1H3,(H,17,18);1-3,5H;1-2,5H,3-4H2,(H,11,12);3-5H,2H2,1H3;7-8H,1-4H3. The van der Waals surface area contributed by atoms with Gasteiger partial charge in [-0.2, -0.15) is 20.7 Å². The maximum absolute atomic E-state index is 11.6. The summed E-state index contributed by atoms with van der Waals surface area (Å²) in [6, 6.07) is 23.8. The van der Waals surface area contributed by atoms with Gasteiger partial charge in [-0.1, -0.05) is 68.8 Å². The van der Waals surface area contributed by atoms with Gasteiger partial charge in [-0.15, -0.1) is 52.1 Å². The molecule has 20 rings (SSSR count). The van der Waals surface area contributed by atoms with Gasteiger partial charge in [0, 0.05) is 65.5 Å². The third-order valence-corrected chi connectivity index (χ3v) is 27.7. The average molecular weight is 1970 g/mol. The van der Waals surface area contributed by atoms with E-state index in [1.807, 2.05) is 76.4 Å². The van der Waals surface area contributed by atoms with Crippen molar-refractivity contribution in [2.45, 2.75) is 151 Å². The average Bonchev–Trinajstić information content (AvgIpc) is 1.63. The quantitative estimate of drug-likeness (QED) is 0.0143. The lowest BCUT2D eigenvalue weighted by molar-refractivity contribution is -0.143. The molecule has 8 fully saturated rings. The number of aromatic nitrogens is 16. The zero-order valence-corrected chi connectivity index (χ0v) is 78.2. The van der Waals surface area contributed by atoms with Crippen molar-refractivity contribution in [3.63, 3.8) is 0 Å². The van der Waals surface area contributed by atoms with Crippen LogP contribution < -0.4 is 26.9 Å². The number of anilines is 4. The first-order valence-corrected chi connectivity index (χ1v) is 46.0. The zero-order chi connectivity index (χ0) is 90.4. The molecule has 8 unspecified atom stereocenters. The van der Waals surface area contributed by atoms with Crippen LogP contribution in [0.2, 0.25) is 15.5 Å². The number of carbonyl (C=O) groups excluding carboxylic acids is 2. The van der Waals surface area contributed by atoms with Crippen LogP contribution in [-0.2, 0) is 38.0 Å². The highest BCUT2D eigenvalue weighted by atomic mass is 127. The summed E-state index contributed by atoms with van der Waals surface area (Å²) in [6.45, 7) is 19.3. The molecule has 4 saturated heterocycles. The molecule has 0 aromatic carbocycles. The van der Waals surface area contributed by atoms with Crippen LogP contribution in [0.1, 0.15) is 136 Å². The molecular weight excluding hydrogens is 1880 g/mol. The van der Waals surface area contributed by atoms with Gasteiger partial charge in [-0.3, -0.25) is 14.6 Å². The summed E-state index contributed by atoms with van der Waals surface area (Å²) in [5.74, 6) is 1.03. The van der Waals surface area contributed by atoms with Crippen LogP contribution in [0.3, 0.4) is 0 Å². The molecule has 0 amide bonds. The number of ether oxygens (including phenoxy) is 6. The lowest BCUT2D eigenvalue weighted by atomic mass is 9.90. The molecule has 4 aliphatic heterocycles. The summed E-state index contributed by atoms with van der Waals surface area (Å²) >= 11 is 26.2. The number of aliphatic hydroxyl groups is 4. The van der Waals surface area contributed by atoms with E-state index < -0.39 is 22.4 Å².